The zero-order chi connectivity index (χ0) is 19.5. The summed E-state index contributed by atoms with van der Waals surface area (Å²) in [5.41, 5.74) is 2.77. The van der Waals surface area contributed by atoms with Gasteiger partial charge in [-0.05, 0) is 32.0 Å². The standard InChI is InChI=1S/C21H22N4O3/c26-20-14-22-21(16-7-3-1-4-8-16)18-13-17(25(27)28)9-10-19(18)24(20)15-23-11-5-2-6-12-23/h1,3-4,7-10,13H,2,5-6,11-12,14-15H2. The van der Waals surface area contributed by atoms with Crippen molar-refractivity contribution < 1.29 is 9.72 Å². The van der Waals surface area contributed by atoms with Crippen molar-refractivity contribution in [1.82, 2.24) is 4.90 Å². The Morgan fingerprint density at radius 1 is 1.04 bits per heavy atom. The van der Waals surface area contributed by atoms with E-state index in [0.29, 0.717) is 23.6 Å². The number of hydrogen-bond donors (Lipinski definition) is 0. The molecule has 0 radical (unpaired) electrons. The van der Waals surface area contributed by atoms with Gasteiger partial charge in [-0.1, -0.05) is 36.8 Å². The van der Waals surface area contributed by atoms with Crippen molar-refractivity contribution in [1.29, 1.82) is 0 Å². The molecule has 2 heterocycles. The Morgan fingerprint density at radius 3 is 2.50 bits per heavy atom. The fourth-order valence-corrected chi connectivity index (χ4v) is 3.81. The van der Waals surface area contributed by atoms with Gasteiger partial charge in [0.05, 0.1) is 23.0 Å². The zero-order valence-corrected chi connectivity index (χ0v) is 15.6. The van der Waals surface area contributed by atoms with E-state index >= 15 is 0 Å². The van der Waals surface area contributed by atoms with Crippen LogP contribution in [0, 0.1) is 10.1 Å². The van der Waals surface area contributed by atoms with Crippen LogP contribution in [0.3, 0.4) is 0 Å². The van der Waals surface area contributed by atoms with Crippen LogP contribution < -0.4 is 4.90 Å². The average Bonchev–Trinajstić information content (AvgIpc) is 2.86. The van der Waals surface area contributed by atoms with E-state index in [-0.39, 0.29) is 18.1 Å². The van der Waals surface area contributed by atoms with Gasteiger partial charge in [0.1, 0.15) is 6.54 Å². The van der Waals surface area contributed by atoms with Crippen LogP contribution in [0.2, 0.25) is 0 Å². The molecule has 0 aliphatic carbocycles. The fourth-order valence-electron chi connectivity index (χ4n) is 3.81. The SMILES string of the molecule is O=C1CN=C(c2ccccc2)c2cc([N+](=O)[O-])ccc2N1CN1CCCCC1. The molecule has 7 heteroatoms. The monoisotopic (exact) mass is 378 g/mol. The van der Waals surface area contributed by atoms with Crippen LogP contribution >= 0.6 is 0 Å². The van der Waals surface area contributed by atoms with Crippen molar-refractivity contribution in [3.05, 3.63) is 69.8 Å². The minimum absolute atomic E-state index is 0.00495. The minimum atomic E-state index is -0.412. The number of carbonyl (C=O) groups is 1. The Bertz CT molecular complexity index is 921. The molecule has 0 N–H and O–H groups in total. The molecule has 1 saturated heterocycles. The molecule has 2 aliphatic heterocycles. The van der Waals surface area contributed by atoms with Crippen molar-refractivity contribution >= 4 is 23.0 Å². The number of aliphatic imine (C=N–C) groups is 1. The summed E-state index contributed by atoms with van der Waals surface area (Å²) < 4.78 is 0. The lowest BCUT2D eigenvalue weighted by Crippen LogP contribution is -2.44. The number of nitrogens with zero attached hydrogens (tertiary/aromatic N) is 4. The summed E-state index contributed by atoms with van der Waals surface area (Å²) in [6.07, 6.45) is 3.47. The van der Waals surface area contributed by atoms with Gasteiger partial charge in [0, 0.05) is 23.3 Å². The Morgan fingerprint density at radius 2 is 1.79 bits per heavy atom. The maximum absolute atomic E-state index is 12.9. The molecular formula is C21H22N4O3. The first-order chi connectivity index (χ1) is 13.6. The molecule has 144 valence electrons. The number of benzene rings is 2. The second-order valence-corrected chi connectivity index (χ2v) is 7.13. The van der Waals surface area contributed by atoms with Crippen LogP contribution in [0.1, 0.15) is 30.4 Å². The van der Waals surface area contributed by atoms with E-state index in [0.717, 1.165) is 31.5 Å². The van der Waals surface area contributed by atoms with Gasteiger partial charge in [-0.3, -0.25) is 29.7 Å². The summed E-state index contributed by atoms with van der Waals surface area (Å²) in [6.45, 7) is 2.43. The normalized spacial score (nSPS) is 17.6. The summed E-state index contributed by atoms with van der Waals surface area (Å²) in [5.74, 6) is -0.0911. The highest BCUT2D eigenvalue weighted by atomic mass is 16.6. The molecule has 0 atom stereocenters. The van der Waals surface area contributed by atoms with Crippen LogP contribution in [0.15, 0.2) is 53.5 Å². The summed E-state index contributed by atoms with van der Waals surface area (Å²) >= 11 is 0. The Hall–Kier alpha value is -3.06. The molecule has 0 unspecified atom stereocenters. The van der Waals surface area contributed by atoms with E-state index in [1.807, 2.05) is 30.3 Å². The Labute approximate surface area is 163 Å². The number of carbonyl (C=O) groups excluding carboxylic acids is 1. The van der Waals surface area contributed by atoms with E-state index in [1.165, 1.54) is 18.6 Å². The molecule has 2 aromatic carbocycles. The summed E-state index contributed by atoms with van der Waals surface area (Å²) in [5, 5.41) is 11.4. The molecule has 1 amide bonds. The molecule has 0 aromatic heterocycles. The lowest BCUT2D eigenvalue weighted by Gasteiger charge is -2.33. The number of hydrogen-bond acceptors (Lipinski definition) is 5. The van der Waals surface area contributed by atoms with Crippen molar-refractivity contribution in [2.24, 2.45) is 4.99 Å². The molecule has 0 bridgehead atoms. The van der Waals surface area contributed by atoms with Crippen molar-refractivity contribution in [2.75, 3.05) is 31.2 Å². The number of amides is 1. The lowest BCUT2D eigenvalue weighted by atomic mass is 9.99. The molecular weight excluding hydrogens is 356 g/mol. The lowest BCUT2D eigenvalue weighted by molar-refractivity contribution is -0.384. The van der Waals surface area contributed by atoms with Gasteiger partial charge in [0.15, 0.2) is 0 Å². The summed E-state index contributed by atoms with van der Waals surface area (Å²) in [6, 6.07) is 14.2. The van der Waals surface area contributed by atoms with Crippen LogP contribution in [0.25, 0.3) is 0 Å². The first kappa shape index (κ1) is 18.3. The number of non-ortho nitro benzene ring substituents is 1. The molecule has 2 aromatic rings. The van der Waals surface area contributed by atoms with Crippen LogP contribution in [0.4, 0.5) is 11.4 Å². The second kappa shape index (κ2) is 7.90. The van der Waals surface area contributed by atoms with Gasteiger partial charge < -0.3 is 0 Å². The van der Waals surface area contributed by atoms with E-state index in [1.54, 1.807) is 11.0 Å². The maximum Gasteiger partial charge on any atom is 0.270 e. The number of nitro benzene ring substituents is 1. The number of benzodiazepines with no additional fused rings is 1. The van der Waals surface area contributed by atoms with Crippen molar-refractivity contribution in [3.8, 4) is 0 Å². The average molecular weight is 378 g/mol. The van der Waals surface area contributed by atoms with E-state index < -0.39 is 4.92 Å². The fraction of sp³-hybridized carbons (Fsp3) is 0.333. The second-order valence-electron chi connectivity index (χ2n) is 7.13. The van der Waals surface area contributed by atoms with Gasteiger partial charge in [0.2, 0.25) is 5.91 Å². The molecule has 1 fully saturated rings. The van der Waals surface area contributed by atoms with Gasteiger partial charge in [-0.2, -0.15) is 0 Å². The van der Waals surface area contributed by atoms with E-state index in [4.69, 9.17) is 0 Å². The van der Waals surface area contributed by atoms with Crippen LogP contribution in [0.5, 0.6) is 0 Å². The highest BCUT2D eigenvalue weighted by Gasteiger charge is 2.28. The summed E-state index contributed by atoms with van der Waals surface area (Å²) in [7, 11) is 0. The molecule has 2 aliphatic rings. The van der Waals surface area contributed by atoms with Crippen LogP contribution in [-0.2, 0) is 4.79 Å². The number of piperidine rings is 1. The van der Waals surface area contributed by atoms with E-state index in [2.05, 4.69) is 9.89 Å². The third-order valence-corrected chi connectivity index (χ3v) is 5.25. The predicted octanol–water partition coefficient (Wildman–Crippen LogP) is 3.22. The maximum atomic E-state index is 12.9. The van der Waals surface area contributed by atoms with Gasteiger partial charge in [-0.25, -0.2) is 0 Å². The third-order valence-electron chi connectivity index (χ3n) is 5.25. The first-order valence-corrected chi connectivity index (χ1v) is 9.55. The predicted molar refractivity (Wildman–Crippen MR) is 108 cm³/mol. The Kier molecular flexibility index (Phi) is 5.16. The number of fused-ring (bicyclic) bond motifs is 1. The molecule has 0 spiro atoms. The number of rotatable bonds is 4. The van der Waals surface area contributed by atoms with E-state index in [9.17, 15) is 14.9 Å². The molecule has 7 nitrogen and oxygen atoms in total. The number of likely N-dealkylation sites (tertiary alicyclic amines) is 1. The topological polar surface area (TPSA) is 79.0 Å². The molecule has 0 saturated carbocycles. The third kappa shape index (κ3) is 3.66. The molecule has 28 heavy (non-hydrogen) atoms. The summed E-state index contributed by atoms with van der Waals surface area (Å²) in [4.78, 5) is 32.4. The largest absolute Gasteiger partial charge is 0.297 e. The quantitative estimate of drug-likeness (QED) is 0.604. The van der Waals surface area contributed by atoms with Crippen molar-refractivity contribution in [3.63, 3.8) is 0 Å². The van der Waals surface area contributed by atoms with Gasteiger partial charge in [-0.15, -0.1) is 0 Å². The number of nitro groups is 1. The Balaban J connectivity index is 1.79. The van der Waals surface area contributed by atoms with Gasteiger partial charge in [0.25, 0.3) is 5.69 Å². The molecule has 4 rings (SSSR count). The smallest absolute Gasteiger partial charge is 0.270 e. The number of anilines is 1. The zero-order valence-electron chi connectivity index (χ0n) is 15.6. The first-order valence-electron chi connectivity index (χ1n) is 9.55. The van der Waals surface area contributed by atoms with Crippen molar-refractivity contribution in [2.45, 2.75) is 19.3 Å². The van der Waals surface area contributed by atoms with Gasteiger partial charge >= 0.3 is 0 Å². The van der Waals surface area contributed by atoms with Crippen LogP contribution in [-0.4, -0.2) is 47.7 Å². The minimum Gasteiger partial charge on any atom is -0.297 e. The highest BCUT2D eigenvalue weighted by molar-refractivity contribution is 6.19. The highest BCUT2D eigenvalue weighted by Crippen LogP contribution is 2.31.